The summed E-state index contributed by atoms with van der Waals surface area (Å²) in [6, 6.07) is 6.62. The van der Waals surface area contributed by atoms with Crippen molar-refractivity contribution in [3.8, 4) is 22.9 Å². The van der Waals surface area contributed by atoms with Crippen LogP contribution in [0.3, 0.4) is 0 Å². The van der Waals surface area contributed by atoms with Crippen LogP contribution in [0.2, 0.25) is 30.8 Å². The summed E-state index contributed by atoms with van der Waals surface area (Å²) in [4.78, 5) is 8.87. The van der Waals surface area contributed by atoms with E-state index in [0.717, 1.165) is 29.8 Å². The van der Waals surface area contributed by atoms with Crippen molar-refractivity contribution in [2.24, 2.45) is 0 Å². The van der Waals surface area contributed by atoms with Crippen LogP contribution in [0.25, 0.3) is 22.3 Å². The third-order valence-corrected chi connectivity index (χ3v) is 6.81. The number of methoxy groups -OCH3 is 1. The van der Waals surface area contributed by atoms with Gasteiger partial charge in [-0.25, -0.2) is 14.6 Å². The Bertz CT molecular complexity index is 1050. The highest BCUT2D eigenvalue weighted by Crippen LogP contribution is 2.41. The lowest BCUT2D eigenvalue weighted by molar-refractivity contribution is 0.0814. The van der Waals surface area contributed by atoms with E-state index < -0.39 is 8.07 Å². The minimum absolute atomic E-state index is 0.238. The van der Waals surface area contributed by atoms with Crippen molar-refractivity contribution in [2.75, 3.05) is 13.7 Å². The third kappa shape index (κ3) is 4.76. The molecule has 1 aliphatic carbocycles. The number of hydrogen-bond acceptors (Lipinski definition) is 6. The summed E-state index contributed by atoms with van der Waals surface area (Å²) in [7, 11) is 0.430. The fourth-order valence-electron chi connectivity index (χ4n) is 3.10. The van der Waals surface area contributed by atoms with Gasteiger partial charge in [-0.3, -0.25) is 0 Å². The first-order chi connectivity index (χ1) is 14.4. The summed E-state index contributed by atoms with van der Waals surface area (Å²) >= 11 is 6.18. The van der Waals surface area contributed by atoms with Gasteiger partial charge in [-0.2, -0.15) is 5.10 Å². The molecular formula is C21H27ClN4O3Si. The molecule has 9 heteroatoms. The van der Waals surface area contributed by atoms with E-state index in [1.54, 1.807) is 24.1 Å². The average molecular weight is 447 g/mol. The van der Waals surface area contributed by atoms with Crippen molar-refractivity contribution in [2.45, 2.75) is 51.4 Å². The first-order valence-corrected chi connectivity index (χ1v) is 14.2. The van der Waals surface area contributed by atoms with Crippen molar-refractivity contribution in [3.05, 3.63) is 29.5 Å². The number of halogens is 1. The van der Waals surface area contributed by atoms with Crippen LogP contribution in [0.15, 0.2) is 24.4 Å². The van der Waals surface area contributed by atoms with Gasteiger partial charge in [0, 0.05) is 26.3 Å². The number of pyridine rings is 2. The van der Waals surface area contributed by atoms with Crippen LogP contribution in [0.5, 0.6) is 11.6 Å². The number of nitrogens with zero attached hydrogens (tertiary/aromatic N) is 4. The Labute approximate surface area is 182 Å². The van der Waals surface area contributed by atoms with Crippen LogP contribution >= 0.6 is 11.6 Å². The maximum absolute atomic E-state index is 6.18. The van der Waals surface area contributed by atoms with Crippen LogP contribution < -0.4 is 9.47 Å². The SMILES string of the molecule is COc1nccc(OC2CC2)c1-c1nn(COCC[Si](C)(C)C)c2nc(Cl)ccc12. The zero-order valence-corrected chi connectivity index (χ0v) is 19.6. The predicted molar refractivity (Wildman–Crippen MR) is 120 cm³/mol. The van der Waals surface area contributed by atoms with E-state index in [4.69, 9.17) is 30.9 Å². The molecule has 0 aliphatic heterocycles. The van der Waals surface area contributed by atoms with Gasteiger partial charge in [0.1, 0.15) is 28.9 Å². The van der Waals surface area contributed by atoms with E-state index >= 15 is 0 Å². The molecule has 0 atom stereocenters. The zero-order chi connectivity index (χ0) is 21.3. The highest BCUT2D eigenvalue weighted by atomic mass is 35.5. The third-order valence-electron chi connectivity index (χ3n) is 4.90. The van der Waals surface area contributed by atoms with E-state index in [1.807, 2.05) is 12.1 Å². The van der Waals surface area contributed by atoms with Crippen LogP contribution in [-0.2, 0) is 11.5 Å². The largest absolute Gasteiger partial charge is 0.489 e. The van der Waals surface area contributed by atoms with Crippen LogP contribution in [0.4, 0.5) is 0 Å². The first-order valence-electron chi connectivity index (χ1n) is 10.2. The van der Waals surface area contributed by atoms with Gasteiger partial charge in [-0.15, -0.1) is 0 Å². The Hall–Kier alpha value is -2.16. The van der Waals surface area contributed by atoms with Gasteiger partial charge >= 0.3 is 0 Å². The van der Waals surface area contributed by atoms with Gasteiger partial charge in [-0.05, 0) is 37.1 Å². The molecule has 0 unspecified atom stereocenters. The summed E-state index contributed by atoms with van der Waals surface area (Å²) in [5.41, 5.74) is 2.08. The lowest BCUT2D eigenvalue weighted by Gasteiger charge is -2.15. The van der Waals surface area contributed by atoms with Gasteiger partial charge in [0.05, 0.1) is 13.2 Å². The summed E-state index contributed by atoms with van der Waals surface area (Å²) in [5, 5.41) is 6.07. The normalized spacial score (nSPS) is 14.3. The molecule has 1 saturated carbocycles. The van der Waals surface area contributed by atoms with Crippen LogP contribution in [0, 0.1) is 0 Å². The maximum Gasteiger partial charge on any atom is 0.226 e. The molecule has 30 heavy (non-hydrogen) atoms. The maximum atomic E-state index is 6.18. The van der Waals surface area contributed by atoms with Gasteiger partial charge in [0.25, 0.3) is 0 Å². The Morgan fingerprint density at radius 1 is 1.20 bits per heavy atom. The van der Waals surface area contributed by atoms with Crippen molar-refractivity contribution in [1.29, 1.82) is 0 Å². The predicted octanol–water partition coefficient (Wildman–Crippen LogP) is 5.01. The Morgan fingerprint density at radius 2 is 2.00 bits per heavy atom. The van der Waals surface area contributed by atoms with Gasteiger partial charge in [0.15, 0.2) is 5.65 Å². The number of ether oxygens (including phenoxy) is 3. The first kappa shape index (κ1) is 21.1. The smallest absolute Gasteiger partial charge is 0.226 e. The molecular weight excluding hydrogens is 420 g/mol. The van der Waals surface area contributed by atoms with E-state index in [1.165, 1.54) is 0 Å². The van der Waals surface area contributed by atoms with E-state index in [9.17, 15) is 0 Å². The molecule has 0 N–H and O–H groups in total. The van der Waals surface area contributed by atoms with Crippen LogP contribution in [0.1, 0.15) is 12.8 Å². The lowest BCUT2D eigenvalue weighted by Crippen LogP contribution is -2.22. The molecule has 0 bridgehead atoms. The molecule has 3 aromatic rings. The summed E-state index contributed by atoms with van der Waals surface area (Å²) in [6.07, 6.45) is 4.04. The molecule has 3 heterocycles. The minimum Gasteiger partial charge on any atom is -0.489 e. The summed E-state index contributed by atoms with van der Waals surface area (Å²) in [6.45, 7) is 7.98. The monoisotopic (exact) mass is 446 g/mol. The highest BCUT2D eigenvalue weighted by Gasteiger charge is 2.28. The molecule has 0 radical (unpaired) electrons. The summed E-state index contributed by atoms with van der Waals surface area (Å²) < 4.78 is 19.3. The molecule has 1 fully saturated rings. The number of fused-ring (bicyclic) bond motifs is 1. The molecule has 0 saturated heterocycles. The van der Waals surface area contributed by atoms with Crippen molar-refractivity contribution < 1.29 is 14.2 Å². The molecule has 4 rings (SSSR count). The topological polar surface area (TPSA) is 71.3 Å². The molecule has 0 aromatic carbocycles. The van der Waals surface area contributed by atoms with Gasteiger partial charge in [-0.1, -0.05) is 31.2 Å². The average Bonchev–Trinajstić information content (AvgIpc) is 3.44. The van der Waals surface area contributed by atoms with Crippen molar-refractivity contribution >= 4 is 30.7 Å². The molecule has 3 aromatic heterocycles. The Kier molecular flexibility index (Phi) is 5.99. The second-order valence-corrected chi connectivity index (χ2v) is 14.7. The number of rotatable bonds is 9. The quantitative estimate of drug-likeness (QED) is 0.261. The Balaban J connectivity index is 1.73. The minimum atomic E-state index is -1.17. The molecule has 160 valence electrons. The van der Waals surface area contributed by atoms with Crippen molar-refractivity contribution in [1.82, 2.24) is 19.7 Å². The van der Waals surface area contributed by atoms with E-state index in [-0.39, 0.29) is 6.10 Å². The molecule has 7 nitrogen and oxygen atoms in total. The number of hydrogen-bond donors (Lipinski definition) is 0. The molecule has 1 aliphatic rings. The molecule has 0 amide bonds. The lowest BCUT2D eigenvalue weighted by atomic mass is 10.1. The fraction of sp³-hybridized carbons (Fsp3) is 0.476. The summed E-state index contributed by atoms with van der Waals surface area (Å²) in [5.74, 6) is 1.18. The zero-order valence-electron chi connectivity index (χ0n) is 17.8. The fourth-order valence-corrected chi connectivity index (χ4v) is 3.99. The van der Waals surface area contributed by atoms with Crippen molar-refractivity contribution in [3.63, 3.8) is 0 Å². The van der Waals surface area contributed by atoms with Crippen LogP contribution in [-0.4, -0.2) is 47.6 Å². The highest BCUT2D eigenvalue weighted by molar-refractivity contribution is 6.76. The second kappa shape index (κ2) is 8.53. The van der Waals surface area contributed by atoms with Gasteiger partial charge < -0.3 is 14.2 Å². The number of aromatic nitrogens is 4. The van der Waals surface area contributed by atoms with Gasteiger partial charge in [0.2, 0.25) is 5.88 Å². The second-order valence-electron chi connectivity index (χ2n) is 8.71. The Morgan fingerprint density at radius 3 is 2.70 bits per heavy atom. The van der Waals surface area contributed by atoms with E-state index in [2.05, 4.69) is 29.6 Å². The molecule has 0 spiro atoms. The van der Waals surface area contributed by atoms with E-state index in [0.29, 0.717) is 41.5 Å². The standard InChI is InChI=1S/C21H27ClN4O3Si/c1-27-21-18(16(9-10-23-21)29-14-5-6-14)19-15-7-8-17(22)24-20(15)26(25-19)13-28-11-12-30(2,3)4/h7-10,14H,5-6,11-13H2,1-4H3.